The molecule has 0 amide bonds. The molecular weight excluding hydrogens is 234 g/mol. The lowest BCUT2D eigenvalue weighted by Crippen LogP contribution is -2.19. The van der Waals surface area contributed by atoms with Crippen LogP contribution in [0.1, 0.15) is 24.8 Å². The predicted octanol–water partition coefficient (Wildman–Crippen LogP) is 2.46. The van der Waals surface area contributed by atoms with Gasteiger partial charge in [0.05, 0.1) is 17.9 Å². The molecule has 2 aromatic heterocycles. The molecule has 2 rings (SSSR count). The maximum Gasteiger partial charge on any atom is 0.271 e. The highest BCUT2D eigenvalue weighted by Crippen LogP contribution is 2.19. The summed E-state index contributed by atoms with van der Waals surface area (Å²) in [6.45, 7) is 2.60. The van der Waals surface area contributed by atoms with Gasteiger partial charge in [-0.05, 0) is 30.7 Å². The Labute approximate surface area is 103 Å². The van der Waals surface area contributed by atoms with E-state index >= 15 is 0 Å². The second-order valence-electron chi connectivity index (χ2n) is 3.95. The average molecular weight is 247 g/mol. The zero-order valence-electron chi connectivity index (χ0n) is 9.64. The highest BCUT2D eigenvalue weighted by molar-refractivity contribution is 7.17. The van der Waals surface area contributed by atoms with Crippen LogP contribution in [-0.4, -0.2) is 9.55 Å². The molecule has 0 aromatic carbocycles. The Bertz CT molecular complexity index is 621. The van der Waals surface area contributed by atoms with Crippen molar-refractivity contribution in [3.63, 3.8) is 0 Å². The van der Waals surface area contributed by atoms with Gasteiger partial charge in [0.25, 0.3) is 5.56 Å². The molecule has 0 aliphatic carbocycles. The Hall–Kier alpha value is -1.67. The molecule has 88 valence electrons. The van der Waals surface area contributed by atoms with Gasteiger partial charge in [0.1, 0.15) is 4.70 Å². The summed E-state index contributed by atoms with van der Waals surface area (Å²) in [7, 11) is 0. The van der Waals surface area contributed by atoms with Crippen molar-refractivity contribution in [3.8, 4) is 6.07 Å². The predicted molar refractivity (Wildman–Crippen MR) is 68.1 cm³/mol. The lowest BCUT2D eigenvalue weighted by Gasteiger charge is -2.03. The van der Waals surface area contributed by atoms with Crippen LogP contribution in [0.5, 0.6) is 0 Å². The first-order valence-corrected chi connectivity index (χ1v) is 6.42. The summed E-state index contributed by atoms with van der Waals surface area (Å²) in [5.41, 5.74) is 1.90. The maximum atomic E-state index is 12.1. The minimum Gasteiger partial charge on any atom is -0.298 e. The Morgan fingerprint density at radius 3 is 3.12 bits per heavy atom. The number of aromatic nitrogens is 2. The van der Waals surface area contributed by atoms with Crippen molar-refractivity contribution in [3.05, 3.63) is 27.6 Å². The topological polar surface area (TPSA) is 58.7 Å². The molecule has 17 heavy (non-hydrogen) atoms. The molecule has 2 aromatic rings. The summed E-state index contributed by atoms with van der Waals surface area (Å²) in [5.74, 6) is 0. The highest BCUT2D eigenvalue weighted by atomic mass is 32.1. The van der Waals surface area contributed by atoms with E-state index in [1.807, 2.05) is 12.3 Å². The maximum absolute atomic E-state index is 12.1. The summed E-state index contributed by atoms with van der Waals surface area (Å²) in [6, 6.07) is 2.10. The largest absolute Gasteiger partial charge is 0.298 e. The van der Waals surface area contributed by atoms with Gasteiger partial charge in [0, 0.05) is 13.0 Å². The molecule has 0 radical (unpaired) electrons. The summed E-state index contributed by atoms with van der Waals surface area (Å²) in [6.07, 6.45) is 3.81. The lowest BCUT2D eigenvalue weighted by atomic mass is 10.2. The summed E-state index contributed by atoms with van der Waals surface area (Å²) in [4.78, 5) is 16.4. The van der Waals surface area contributed by atoms with E-state index < -0.39 is 0 Å². The molecule has 0 N–H and O–H groups in total. The van der Waals surface area contributed by atoms with Gasteiger partial charge < -0.3 is 0 Å². The SMILES string of the molecule is Cc1csc2c(=O)n(CCCCC#N)cnc12. The van der Waals surface area contributed by atoms with E-state index in [-0.39, 0.29) is 5.56 Å². The van der Waals surface area contributed by atoms with Crippen molar-refractivity contribution in [1.29, 1.82) is 5.26 Å². The van der Waals surface area contributed by atoms with Gasteiger partial charge in [0.2, 0.25) is 0 Å². The quantitative estimate of drug-likeness (QED) is 0.780. The molecule has 0 bridgehead atoms. The average Bonchev–Trinajstić information content (AvgIpc) is 2.70. The van der Waals surface area contributed by atoms with Gasteiger partial charge in [-0.15, -0.1) is 11.3 Å². The summed E-state index contributed by atoms with van der Waals surface area (Å²) < 4.78 is 2.36. The molecule has 0 fully saturated rings. The molecular formula is C12H13N3OS. The van der Waals surface area contributed by atoms with E-state index in [1.165, 1.54) is 11.3 Å². The fraction of sp³-hybridized carbons (Fsp3) is 0.417. The van der Waals surface area contributed by atoms with E-state index in [0.29, 0.717) is 13.0 Å². The standard InChI is InChI=1S/C12H13N3OS/c1-9-7-17-11-10(9)14-8-15(12(11)16)6-4-2-3-5-13/h7-8H,2-4,6H2,1H3. The summed E-state index contributed by atoms with van der Waals surface area (Å²) >= 11 is 1.45. The summed E-state index contributed by atoms with van der Waals surface area (Å²) in [5, 5.41) is 10.4. The number of unbranched alkanes of at least 4 members (excludes halogenated alkanes) is 2. The minimum absolute atomic E-state index is 0.0325. The fourth-order valence-electron chi connectivity index (χ4n) is 1.71. The van der Waals surface area contributed by atoms with Crippen LogP contribution in [-0.2, 0) is 6.54 Å². The van der Waals surface area contributed by atoms with Crippen LogP contribution in [0.15, 0.2) is 16.5 Å². The highest BCUT2D eigenvalue weighted by Gasteiger charge is 2.07. The van der Waals surface area contributed by atoms with E-state index in [0.717, 1.165) is 28.6 Å². The number of fused-ring (bicyclic) bond motifs is 1. The third-order valence-corrected chi connectivity index (χ3v) is 3.74. The molecule has 4 nitrogen and oxygen atoms in total. The van der Waals surface area contributed by atoms with Crippen LogP contribution in [0.4, 0.5) is 0 Å². The van der Waals surface area contributed by atoms with Gasteiger partial charge in [0.15, 0.2) is 0 Å². The van der Waals surface area contributed by atoms with E-state index in [2.05, 4.69) is 11.1 Å². The number of thiophene rings is 1. The molecule has 0 aliphatic rings. The zero-order chi connectivity index (χ0) is 12.3. The Balaban J connectivity index is 2.22. The van der Waals surface area contributed by atoms with Crippen LogP contribution in [0.25, 0.3) is 10.2 Å². The van der Waals surface area contributed by atoms with Crippen LogP contribution in [0, 0.1) is 18.3 Å². The molecule has 2 heterocycles. The number of nitrogens with zero attached hydrogens (tertiary/aromatic N) is 3. The first-order chi connectivity index (χ1) is 8.24. The van der Waals surface area contributed by atoms with Gasteiger partial charge in [-0.3, -0.25) is 9.36 Å². The van der Waals surface area contributed by atoms with Gasteiger partial charge >= 0.3 is 0 Å². The molecule has 0 saturated heterocycles. The van der Waals surface area contributed by atoms with E-state index in [4.69, 9.17) is 5.26 Å². The lowest BCUT2D eigenvalue weighted by molar-refractivity contribution is 0.596. The Kier molecular flexibility index (Phi) is 3.55. The zero-order valence-corrected chi connectivity index (χ0v) is 10.5. The van der Waals surface area contributed by atoms with Crippen LogP contribution in [0.2, 0.25) is 0 Å². The van der Waals surface area contributed by atoms with Gasteiger partial charge in [-0.25, -0.2) is 4.98 Å². The van der Waals surface area contributed by atoms with E-state index in [9.17, 15) is 4.79 Å². The van der Waals surface area contributed by atoms with Crippen molar-refractivity contribution in [2.24, 2.45) is 0 Å². The van der Waals surface area contributed by atoms with Crippen LogP contribution >= 0.6 is 11.3 Å². The van der Waals surface area contributed by atoms with Crippen molar-refractivity contribution >= 4 is 21.6 Å². The third-order valence-electron chi connectivity index (χ3n) is 2.66. The first kappa shape index (κ1) is 11.8. The van der Waals surface area contributed by atoms with Gasteiger partial charge in [-0.2, -0.15) is 5.26 Å². The van der Waals surface area contributed by atoms with Crippen molar-refractivity contribution in [2.75, 3.05) is 0 Å². The molecule has 0 unspecified atom stereocenters. The second kappa shape index (κ2) is 5.11. The number of aryl methyl sites for hydroxylation is 2. The normalized spacial score (nSPS) is 10.6. The molecule has 0 spiro atoms. The first-order valence-electron chi connectivity index (χ1n) is 5.54. The van der Waals surface area contributed by atoms with Crippen LogP contribution < -0.4 is 5.56 Å². The fourth-order valence-corrected chi connectivity index (χ4v) is 2.66. The van der Waals surface area contributed by atoms with Crippen molar-refractivity contribution < 1.29 is 0 Å². The Morgan fingerprint density at radius 2 is 2.35 bits per heavy atom. The molecule has 0 aliphatic heterocycles. The second-order valence-corrected chi connectivity index (χ2v) is 4.83. The minimum atomic E-state index is 0.0325. The van der Waals surface area contributed by atoms with Gasteiger partial charge in [-0.1, -0.05) is 0 Å². The van der Waals surface area contributed by atoms with Crippen molar-refractivity contribution in [2.45, 2.75) is 32.7 Å². The number of rotatable bonds is 4. The molecule has 0 atom stereocenters. The number of nitriles is 1. The number of hydrogen-bond donors (Lipinski definition) is 0. The van der Waals surface area contributed by atoms with Crippen molar-refractivity contribution in [1.82, 2.24) is 9.55 Å². The third kappa shape index (κ3) is 2.37. The Morgan fingerprint density at radius 1 is 1.53 bits per heavy atom. The smallest absolute Gasteiger partial charge is 0.271 e. The molecule has 0 saturated carbocycles. The molecule has 5 heteroatoms. The van der Waals surface area contributed by atoms with Crippen LogP contribution in [0.3, 0.4) is 0 Å². The monoisotopic (exact) mass is 247 g/mol. The number of hydrogen-bond acceptors (Lipinski definition) is 4. The van der Waals surface area contributed by atoms with E-state index in [1.54, 1.807) is 10.9 Å².